The third kappa shape index (κ3) is 4.84. The quantitative estimate of drug-likeness (QED) is 0.146. The van der Waals surface area contributed by atoms with Crippen molar-refractivity contribution < 1.29 is 74.7 Å². The second-order valence-corrected chi connectivity index (χ2v) is 9.08. The first-order valence-corrected chi connectivity index (χ1v) is 11.0. The van der Waals surface area contributed by atoms with E-state index in [0.717, 1.165) is 0 Å². The molecule has 0 aromatic carbocycles. The SMILES string of the molecule is OCC1OC(OCC2OC(OCC3C(O)C(O)C(O)C4OC34)C(O)C(O)C2O)C(O)C(O)C1O. The van der Waals surface area contributed by atoms with Gasteiger partial charge < -0.3 is 74.7 Å². The van der Waals surface area contributed by atoms with Crippen LogP contribution >= 0.6 is 0 Å². The van der Waals surface area contributed by atoms with E-state index < -0.39 is 111 Å². The van der Waals surface area contributed by atoms with E-state index in [4.69, 9.17) is 23.7 Å². The molecule has 34 heavy (non-hydrogen) atoms. The Labute approximate surface area is 193 Å². The van der Waals surface area contributed by atoms with Gasteiger partial charge in [-0.05, 0) is 0 Å². The van der Waals surface area contributed by atoms with Crippen molar-refractivity contribution >= 4 is 0 Å². The monoisotopic (exact) mass is 500 g/mol. The highest BCUT2D eigenvalue weighted by Crippen LogP contribution is 2.41. The molecular weight excluding hydrogens is 468 g/mol. The van der Waals surface area contributed by atoms with E-state index in [1.807, 2.05) is 0 Å². The molecule has 0 aromatic heterocycles. The lowest BCUT2D eigenvalue weighted by molar-refractivity contribution is -0.332. The summed E-state index contributed by atoms with van der Waals surface area (Å²) in [6, 6.07) is 0. The average molecular weight is 500 g/mol. The van der Waals surface area contributed by atoms with Gasteiger partial charge in [0.2, 0.25) is 0 Å². The van der Waals surface area contributed by atoms with Crippen LogP contribution in [0.25, 0.3) is 0 Å². The highest BCUT2D eigenvalue weighted by atomic mass is 16.7. The van der Waals surface area contributed by atoms with Crippen molar-refractivity contribution in [2.75, 3.05) is 19.8 Å². The molecule has 198 valence electrons. The fourth-order valence-electron chi connectivity index (χ4n) is 4.59. The maximum absolute atomic E-state index is 10.3. The van der Waals surface area contributed by atoms with Gasteiger partial charge >= 0.3 is 0 Å². The van der Waals surface area contributed by atoms with Gasteiger partial charge in [-0.25, -0.2) is 0 Å². The lowest BCUT2D eigenvalue weighted by Crippen LogP contribution is -2.62. The minimum atomic E-state index is -1.73. The van der Waals surface area contributed by atoms with Gasteiger partial charge in [0.05, 0.1) is 32.0 Å². The van der Waals surface area contributed by atoms with Crippen molar-refractivity contribution in [3.05, 3.63) is 0 Å². The topological polar surface area (TPSA) is 252 Å². The van der Waals surface area contributed by atoms with Crippen LogP contribution < -0.4 is 0 Å². The third-order valence-corrected chi connectivity index (χ3v) is 6.85. The second kappa shape index (κ2) is 10.4. The Morgan fingerprint density at radius 1 is 0.471 bits per heavy atom. The highest BCUT2D eigenvalue weighted by Gasteiger charge is 2.60. The van der Waals surface area contributed by atoms with Gasteiger partial charge in [0.25, 0.3) is 0 Å². The molecule has 15 heteroatoms. The Kier molecular flexibility index (Phi) is 8.10. The maximum Gasteiger partial charge on any atom is 0.186 e. The second-order valence-electron chi connectivity index (χ2n) is 9.08. The molecule has 0 aromatic rings. The van der Waals surface area contributed by atoms with E-state index in [-0.39, 0.29) is 6.61 Å². The molecule has 4 aliphatic rings. The summed E-state index contributed by atoms with van der Waals surface area (Å²) in [7, 11) is 0. The summed E-state index contributed by atoms with van der Waals surface area (Å²) in [6.07, 6.45) is -20.8. The van der Waals surface area contributed by atoms with E-state index in [2.05, 4.69) is 0 Å². The summed E-state index contributed by atoms with van der Waals surface area (Å²) < 4.78 is 26.8. The van der Waals surface area contributed by atoms with Crippen LogP contribution in [0.15, 0.2) is 0 Å². The number of rotatable bonds is 7. The summed E-state index contributed by atoms with van der Waals surface area (Å²) >= 11 is 0. The maximum atomic E-state index is 10.3. The molecule has 1 saturated carbocycles. The standard InChI is InChI=1S/C19H32O15/c20-1-5-8(22)11(25)14(28)19(32-5)31-3-6-9(23)12(26)15(29)18(33-6)30-2-4-7(21)10(24)13(27)17-16(4)34-17/h4-29H,1-3H2. The van der Waals surface area contributed by atoms with Gasteiger partial charge in [0.1, 0.15) is 67.1 Å². The molecule has 0 bridgehead atoms. The van der Waals surface area contributed by atoms with Gasteiger partial charge in [0, 0.05) is 5.92 Å². The van der Waals surface area contributed by atoms with Crippen molar-refractivity contribution in [2.45, 2.75) is 91.9 Å². The number of aliphatic hydroxyl groups excluding tert-OH is 10. The van der Waals surface area contributed by atoms with Gasteiger partial charge in [-0.1, -0.05) is 0 Å². The predicted molar refractivity (Wildman–Crippen MR) is 103 cm³/mol. The van der Waals surface area contributed by atoms with Crippen LogP contribution in [0.5, 0.6) is 0 Å². The summed E-state index contributed by atoms with van der Waals surface area (Å²) in [5.74, 6) is -0.757. The Morgan fingerprint density at radius 2 is 0.971 bits per heavy atom. The first-order valence-electron chi connectivity index (χ1n) is 11.0. The minimum absolute atomic E-state index is 0.281. The van der Waals surface area contributed by atoms with Crippen molar-refractivity contribution in [2.24, 2.45) is 5.92 Å². The molecule has 0 amide bonds. The van der Waals surface area contributed by atoms with Crippen LogP contribution in [0.1, 0.15) is 0 Å². The van der Waals surface area contributed by atoms with E-state index in [1.165, 1.54) is 0 Å². The molecule has 0 spiro atoms. The summed E-state index contributed by atoms with van der Waals surface area (Å²) in [5, 5.41) is 99.6. The molecule has 3 heterocycles. The van der Waals surface area contributed by atoms with Crippen molar-refractivity contribution in [1.29, 1.82) is 0 Å². The molecule has 16 atom stereocenters. The third-order valence-electron chi connectivity index (χ3n) is 6.85. The van der Waals surface area contributed by atoms with E-state index in [9.17, 15) is 51.1 Å². The highest BCUT2D eigenvalue weighted by molar-refractivity contribution is 5.07. The van der Waals surface area contributed by atoms with Crippen molar-refractivity contribution in [1.82, 2.24) is 0 Å². The van der Waals surface area contributed by atoms with Gasteiger partial charge in [0.15, 0.2) is 12.6 Å². The lowest BCUT2D eigenvalue weighted by atomic mass is 9.83. The van der Waals surface area contributed by atoms with Crippen LogP contribution in [0.2, 0.25) is 0 Å². The molecule has 1 aliphatic carbocycles. The van der Waals surface area contributed by atoms with E-state index in [1.54, 1.807) is 0 Å². The number of ether oxygens (including phenoxy) is 5. The first-order chi connectivity index (χ1) is 16.1. The lowest BCUT2D eigenvalue weighted by Gasteiger charge is -2.43. The number of epoxide rings is 1. The van der Waals surface area contributed by atoms with Crippen LogP contribution in [0.4, 0.5) is 0 Å². The molecule has 4 rings (SSSR count). The largest absolute Gasteiger partial charge is 0.394 e. The van der Waals surface area contributed by atoms with Gasteiger partial charge in [-0.15, -0.1) is 0 Å². The molecular formula is C19H32O15. The van der Waals surface area contributed by atoms with Crippen LogP contribution in [-0.4, -0.2) is 163 Å². The average Bonchev–Trinajstić information content (AvgIpc) is 3.62. The van der Waals surface area contributed by atoms with Crippen LogP contribution in [-0.2, 0) is 23.7 Å². The molecule has 3 aliphatic heterocycles. The Balaban J connectivity index is 1.34. The fraction of sp³-hybridized carbons (Fsp3) is 1.00. The van der Waals surface area contributed by atoms with Crippen molar-refractivity contribution in [3.8, 4) is 0 Å². The zero-order chi connectivity index (χ0) is 24.9. The van der Waals surface area contributed by atoms with Crippen LogP contribution in [0.3, 0.4) is 0 Å². The fourth-order valence-corrected chi connectivity index (χ4v) is 4.59. The smallest absolute Gasteiger partial charge is 0.186 e. The van der Waals surface area contributed by atoms with E-state index >= 15 is 0 Å². The Hall–Kier alpha value is -0.600. The molecule has 15 nitrogen and oxygen atoms in total. The van der Waals surface area contributed by atoms with Crippen LogP contribution in [0, 0.1) is 5.92 Å². The Bertz CT molecular complexity index is 682. The summed E-state index contributed by atoms with van der Waals surface area (Å²) in [6.45, 7) is -1.46. The minimum Gasteiger partial charge on any atom is -0.394 e. The normalized spacial score (nSPS) is 55.6. The first kappa shape index (κ1) is 26.5. The van der Waals surface area contributed by atoms with Gasteiger partial charge in [-0.2, -0.15) is 0 Å². The zero-order valence-corrected chi connectivity index (χ0v) is 17.9. The number of hydrogen-bond donors (Lipinski definition) is 10. The molecule has 10 N–H and O–H groups in total. The number of aliphatic hydroxyl groups is 10. The van der Waals surface area contributed by atoms with Gasteiger partial charge in [-0.3, -0.25) is 0 Å². The van der Waals surface area contributed by atoms with E-state index in [0.29, 0.717) is 0 Å². The summed E-state index contributed by atoms with van der Waals surface area (Å²) in [5.41, 5.74) is 0. The Morgan fingerprint density at radius 3 is 1.56 bits per heavy atom. The molecule has 4 fully saturated rings. The number of hydrogen-bond acceptors (Lipinski definition) is 15. The zero-order valence-electron chi connectivity index (χ0n) is 17.9. The molecule has 3 saturated heterocycles. The number of fused-ring (bicyclic) bond motifs is 1. The predicted octanol–water partition coefficient (Wildman–Crippen LogP) is -6.89. The summed E-state index contributed by atoms with van der Waals surface area (Å²) in [4.78, 5) is 0. The van der Waals surface area contributed by atoms with Crippen molar-refractivity contribution in [3.63, 3.8) is 0 Å². The molecule has 0 radical (unpaired) electrons. The molecule has 16 unspecified atom stereocenters.